The smallest absolute Gasteiger partial charge is 0.303 e. The van der Waals surface area contributed by atoms with Crippen LogP contribution in [0.3, 0.4) is 0 Å². The summed E-state index contributed by atoms with van der Waals surface area (Å²) in [5.41, 5.74) is 2.92. The second-order valence-corrected chi connectivity index (χ2v) is 6.65. The minimum atomic E-state index is -0.854. The summed E-state index contributed by atoms with van der Waals surface area (Å²) in [5.74, 6) is -0.807. The predicted molar refractivity (Wildman–Crippen MR) is 85.3 cm³/mol. The monoisotopic (exact) mass is 434 g/mol. The third-order valence-electron chi connectivity index (χ3n) is 3.03. The summed E-state index contributed by atoms with van der Waals surface area (Å²) in [7, 11) is 0. The first kappa shape index (κ1) is 14.7. The number of hydrogen-bond acceptors (Lipinski definition) is 2. The molecular formula is C14H12BrIO3. The number of ketones is 1. The molecule has 1 aromatic carbocycles. The maximum Gasteiger partial charge on any atom is 0.303 e. The molecule has 3 nitrogen and oxygen atoms in total. The predicted octanol–water partition coefficient (Wildman–Crippen LogP) is 3.98. The lowest BCUT2D eigenvalue weighted by molar-refractivity contribution is -0.137. The summed E-state index contributed by atoms with van der Waals surface area (Å²) in [5, 5.41) is 8.60. The first-order chi connectivity index (χ1) is 8.99. The average Bonchev–Trinajstić information content (AvgIpc) is 2.63. The van der Waals surface area contributed by atoms with E-state index in [0.29, 0.717) is 12.8 Å². The summed E-state index contributed by atoms with van der Waals surface area (Å²) in [6, 6.07) is 5.92. The number of carboxylic acid groups (broad SMARTS) is 1. The van der Waals surface area contributed by atoms with Gasteiger partial charge in [-0.1, -0.05) is 22.0 Å². The molecule has 0 aromatic heterocycles. The van der Waals surface area contributed by atoms with Crippen molar-refractivity contribution < 1.29 is 14.7 Å². The molecule has 0 saturated heterocycles. The standard InChI is InChI=1S/C14H12BrIO3/c15-9-4-5-10-8(6-9)7-11(16)14(10)12(17)2-1-3-13(18)19/h4-6H,1-3,7H2,(H,18,19). The van der Waals surface area contributed by atoms with Gasteiger partial charge in [-0.3, -0.25) is 9.59 Å². The van der Waals surface area contributed by atoms with Crippen molar-refractivity contribution in [1.29, 1.82) is 0 Å². The molecule has 0 heterocycles. The van der Waals surface area contributed by atoms with Crippen LogP contribution in [-0.4, -0.2) is 16.9 Å². The lowest BCUT2D eigenvalue weighted by Crippen LogP contribution is -2.03. The van der Waals surface area contributed by atoms with Gasteiger partial charge in [-0.15, -0.1) is 0 Å². The zero-order valence-corrected chi connectivity index (χ0v) is 13.8. The number of aliphatic carboxylic acids is 1. The fourth-order valence-corrected chi connectivity index (χ4v) is 3.59. The zero-order chi connectivity index (χ0) is 14.0. The highest BCUT2D eigenvalue weighted by Crippen LogP contribution is 2.38. The van der Waals surface area contributed by atoms with Crippen molar-refractivity contribution in [3.8, 4) is 0 Å². The fourth-order valence-electron chi connectivity index (χ4n) is 2.18. The maximum absolute atomic E-state index is 12.2. The topological polar surface area (TPSA) is 54.4 Å². The lowest BCUT2D eigenvalue weighted by Gasteiger charge is -2.05. The number of allylic oxidation sites excluding steroid dienone is 2. The van der Waals surface area contributed by atoms with Crippen LogP contribution in [0.1, 0.15) is 30.4 Å². The van der Waals surface area contributed by atoms with Crippen LogP contribution in [0.25, 0.3) is 5.57 Å². The Morgan fingerprint density at radius 2 is 2.05 bits per heavy atom. The lowest BCUT2D eigenvalue weighted by atomic mass is 9.99. The van der Waals surface area contributed by atoms with Crippen LogP contribution in [0, 0.1) is 0 Å². The van der Waals surface area contributed by atoms with E-state index in [1.807, 2.05) is 18.2 Å². The number of carbonyl (C=O) groups is 2. The largest absolute Gasteiger partial charge is 0.481 e. The minimum absolute atomic E-state index is 0.0444. The van der Waals surface area contributed by atoms with E-state index in [2.05, 4.69) is 38.5 Å². The molecule has 1 aromatic rings. The normalized spacial score (nSPS) is 13.6. The molecule has 1 aliphatic carbocycles. The van der Waals surface area contributed by atoms with E-state index in [0.717, 1.165) is 31.2 Å². The van der Waals surface area contributed by atoms with Gasteiger partial charge >= 0.3 is 5.97 Å². The SMILES string of the molecule is O=C(O)CCCC(=O)C1=C(I)Cc2cc(Br)ccc21. The molecule has 1 N–H and O–H groups in total. The molecule has 0 fully saturated rings. The molecule has 5 heteroatoms. The molecule has 0 spiro atoms. The van der Waals surface area contributed by atoms with Crippen LogP contribution in [0.5, 0.6) is 0 Å². The summed E-state index contributed by atoms with van der Waals surface area (Å²) in [6.07, 6.45) is 1.52. The fraction of sp³-hybridized carbons (Fsp3) is 0.286. The number of carbonyl (C=O) groups excluding carboxylic acids is 1. The quantitative estimate of drug-likeness (QED) is 0.713. The molecule has 0 unspecified atom stereocenters. The van der Waals surface area contributed by atoms with Crippen LogP contribution < -0.4 is 0 Å². The third kappa shape index (κ3) is 3.45. The summed E-state index contributed by atoms with van der Waals surface area (Å²) in [4.78, 5) is 22.7. The molecule has 19 heavy (non-hydrogen) atoms. The Bertz CT molecular complexity index is 578. The van der Waals surface area contributed by atoms with Crippen molar-refractivity contribution >= 4 is 55.8 Å². The van der Waals surface area contributed by atoms with Crippen molar-refractivity contribution in [2.45, 2.75) is 25.7 Å². The summed E-state index contributed by atoms with van der Waals surface area (Å²) >= 11 is 5.64. The van der Waals surface area contributed by atoms with Crippen molar-refractivity contribution in [1.82, 2.24) is 0 Å². The van der Waals surface area contributed by atoms with Gasteiger partial charge < -0.3 is 5.11 Å². The molecule has 0 amide bonds. The molecule has 0 bridgehead atoms. The van der Waals surface area contributed by atoms with Crippen LogP contribution in [-0.2, 0) is 16.0 Å². The van der Waals surface area contributed by atoms with Crippen LogP contribution >= 0.6 is 38.5 Å². The first-order valence-electron chi connectivity index (χ1n) is 5.91. The van der Waals surface area contributed by atoms with Crippen molar-refractivity contribution in [3.05, 3.63) is 37.4 Å². The van der Waals surface area contributed by atoms with Gasteiger partial charge in [-0.05, 0) is 52.3 Å². The molecule has 0 aliphatic heterocycles. The van der Waals surface area contributed by atoms with Crippen molar-refractivity contribution in [3.63, 3.8) is 0 Å². The van der Waals surface area contributed by atoms with Crippen molar-refractivity contribution in [2.24, 2.45) is 0 Å². The molecule has 0 radical (unpaired) electrons. The Kier molecular flexibility index (Phi) is 4.78. The Labute approximate surface area is 133 Å². The highest BCUT2D eigenvalue weighted by atomic mass is 127. The summed E-state index contributed by atoms with van der Waals surface area (Å²) < 4.78 is 2.06. The van der Waals surface area contributed by atoms with Crippen LogP contribution in [0.15, 0.2) is 26.3 Å². The van der Waals surface area contributed by atoms with Crippen molar-refractivity contribution in [2.75, 3.05) is 0 Å². The number of hydrogen-bond donors (Lipinski definition) is 1. The number of fused-ring (bicyclic) bond motifs is 1. The van der Waals surface area contributed by atoms with Gasteiger partial charge in [0.15, 0.2) is 5.78 Å². The highest BCUT2D eigenvalue weighted by Gasteiger charge is 2.25. The van der Waals surface area contributed by atoms with E-state index in [4.69, 9.17) is 5.11 Å². The third-order valence-corrected chi connectivity index (χ3v) is 4.44. The van der Waals surface area contributed by atoms with Gasteiger partial charge in [-0.2, -0.15) is 0 Å². The second kappa shape index (κ2) is 6.17. The molecule has 2 rings (SSSR count). The first-order valence-corrected chi connectivity index (χ1v) is 7.78. The molecule has 0 saturated carbocycles. The van der Waals surface area contributed by atoms with Crippen LogP contribution in [0.2, 0.25) is 0 Å². The van der Waals surface area contributed by atoms with E-state index in [9.17, 15) is 9.59 Å². The molecule has 100 valence electrons. The molecule has 1 aliphatic rings. The van der Waals surface area contributed by atoms with Gasteiger partial charge in [0.25, 0.3) is 0 Å². The van der Waals surface area contributed by atoms with E-state index in [-0.39, 0.29) is 12.2 Å². The zero-order valence-electron chi connectivity index (χ0n) is 10.1. The Hall–Kier alpha value is -0.690. The number of benzene rings is 1. The highest BCUT2D eigenvalue weighted by molar-refractivity contribution is 14.1. The average molecular weight is 435 g/mol. The van der Waals surface area contributed by atoms with E-state index < -0.39 is 5.97 Å². The second-order valence-electron chi connectivity index (χ2n) is 4.43. The summed E-state index contributed by atoms with van der Waals surface area (Å²) in [6.45, 7) is 0. The number of carboxylic acids is 1. The number of rotatable bonds is 5. The van der Waals surface area contributed by atoms with Gasteiger partial charge in [0.05, 0.1) is 0 Å². The maximum atomic E-state index is 12.2. The molecule has 0 atom stereocenters. The van der Waals surface area contributed by atoms with Gasteiger partial charge in [0.1, 0.15) is 0 Å². The van der Waals surface area contributed by atoms with E-state index in [1.54, 1.807) is 0 Å². The minimum Gasteiger partial charge on any atom is -0.481 e. The Morgan fingerprint density at radius 1 is 1.32 bits per heavy atom. The van der Waals surface area contributed by atoms with Gasteiger partial charge in [-0.25, -0.2) is 0 Å². The van der Waals surface area contributed by atoms with Gasteiger partial charge in [0, 0.05) is 32.9 Å². The number of Topliss-reactive ketones (excluding diaryl/α,β-unsaturated/α-hetero) is 1. The van der Waals surface area contributed by atoms with E-state index in [1.165, 1.54) is 0 Å². The molecular weight excluding hydrogens is 423 g/mol. The van der Waals surface area contributed by atoms with Crippen LogP contribution in [0.4, 0.5) is 0 Å². The van der Waals surface area contributed by atoms with E-state index >= 15 is 0 Å². The Balaban J connectivity index is 2.14. The Morgan fingerprint density at radius 3 is 2.74 bits per heavy atom. The van der Waals surface area contributed by atoms with Gasteiger partial charge in [0.2, 0.25) is 0 Å². The number of halogens is 2.